The zero-order valence-electron chi connectivity index (χ0n) is 34.5. The number of ether oxygens (including phenoxy) is 1. The van der Waals surface area contributed by atoms with Crippen LogP contribution in [0.2, 0.25) is 0 Å². The minimum atomic E-state index is 0.0130. The molecule has 61 heavy (non-hydrogen) atoms. The predicted molar refractivity (Wildman–Crippen MR) is 247 cm³/mol. The van der Waals surface area contributed by atoms with E-state index in [1.54, 1.807) is 0 Å². The Hall–Kier alpha value is -6.55. The van der Waals surface area contributed by atoms with Crippen LogP contribution in [0.5, 0.6) is 11.5 Å². The Morgan fingerprint density at radius 1 is 0.557 bits per heavy atom. The molecule has 3 heterocycles. The van der Waals surface area contributed by atoms with E-state index in [9.17, 15) is 0 Å². The van der Waals surface area contributed by atoms with Crippen molar-refractivity contribution in [1.82, 2.24) is 14.1 Å². The van der Waals surface area contributed by atoms with E-state index >= 15 is 0 Å². The van der Waals surface area contributed by atoms with E-state index in [1.807, 2.05) is 6.20 Å². The number of imidazole rings is 1. The number of pyridine rings is 1. The van der Waals surface area contributed by atoms with Crippen LogP contribution in [0.1, 0.15) is 38.3 Å². The Morgan fingerprint density at radius 3 is 1.79 bits per heavy atom. The van der Waals surface area contributed by atoms with Gasteiger partial charge in [0.1, 0.15) is 0 Å². The van der Waals surface area contributed by atoms with Crippen molar-refractivity contribution in [3.05, 3.63) is 203 Å². The van der Waals surface area contributed by atoms with Gasteiger partial charge in [-0.3, -0.25) is 0 Å². The number of anilines is 2. The van der Waals surface area contributed by atoms with Crippen molar-refractivity contribution in [1.29, 1.82) is 0 Å². The Morgan fingerprint density at radius 2 is 1.15 bits per heavy atom. The van der Waals surface area contributed by atoms with Gasteiger partial charge in [-0.05, 0) is 17.0 Å². The third-order valence-electron chi connectivity index (χ3n) is 11.7. The van der Waals surface area contributed by atoms with E-state index in [1.165, 1.54) is 44.5 Å². The second-order valence-corrected chi connectivity index (χ2v) is 17.7. The molecule has 1 aliphatic heterocycles. The van der Waals surface area contributed by atoms with Gasteiger partial charge in [0.15, 0.2) is 0 Å². The summed E-state index contributed by atoms with van der Waals surface area (Å²) in [4.78, 5) is 7.30. The van der Waals surface area contributed by atoms with Gasteiger partial charge in [-0.1, -0.05) is 26.8 Å². The number of rotatable bonds is 8. The first-order valence-corrected chi connectivity index (χ1v) is 22.1. The molecular formula is C55H46N4OPt. The third kappa shape index (κ3) is 7.38. The number of fused-ring (bicyclic) bond motifs is 2. The molecule has 0 spiro atoms. The van der Waals surface area contributed by atoms with Gasteiger partial charge in [0.05, 0.1) is 0 Å². The van der Waals surface area contributed by atoms with E-state index in [4.69, 9.17) is 9.72 Å². The summed E-state index contributed by atoms with van der Waals surface area (Å²) in [6, 6.07) is 64.8. The van der Waals surface area contributed by atoms with Crippen LogP contribution in [0.4, 0.5) is 11.5 Å². The van der Waals surface area contributed by atoms with Crippen molar-refractivity contribution in [2.24, 2.45) is 0 Å². The van der Waals surface area contributed by atoms with Gasteiger partial charge in [0.2, 0.25) is 0 Å². The van der Waals surface area contributed by atoms with E-state index in [0.29, 0.717) is 0 Å². The summed E-state index contributed by atoms with van der Waals surface area (Å²) < 4.78 is 12.8. The molecule has 0 unspecified atom stereocenters. The fourth-order valence-corrected chi connectivity index (χ4v) is 9.85. The van der Waals surface area contributed by atoms with Gasteiger partial charge < -0.3 is 0 Å². The summed E-state index contributed by atoms with van der Waals surface area (Å²) in [5.41, 5.74) is 15.2. The number of benzene rings is 7. The van der Waals surface area contributed by atoms with Crippen molar-refractivity contribution < 1.29 is 24.1 Å². The molecule has 10 rings (SSSR count). The maximum atomic E-state index is 6.96. The Labute approximate surface area is 368 Å². The van der Waals surface area contributed by atoms with Crippen LogP contribution in [0, 0.1) is 3.80 Å². The van der Waals surface area contributed by atoms with Crippen LogP contribution in [0.25, 0.3) is 55.8 Å². The molecule has 5 nitrogen and oxygen atoms in total. The first kappa shape index (κ1) is 38.6. The molecule has 0 saturated heterocycles. The molecule has 9 aromatic rings. The SMILES string of the molecule is CC(C)(C)c1ccnc(N2CCCc3c(-c4ccccc4)cc(Oc4cccc(-n5[c](=[Pt])n(-c6c(-c7ccccc7)cccc6-c6ccccc6)c6ccccc65)c4)cc32)c1. The zero-order chi connectivity index (χ0) is 41.5. The van der Waals surface area contributed by atoms with Gasteiger partial charge in [0, 0.05) is 6.20 Å². The van der Waals surface area contributed by atoms with E-state index < -0.39 is 0 Å². The Balaban J connectivity index is 1.11. The van der Waals surface area contributed by atoms with Crippen LogP contribution in [-0.4, -0.2) is 20.7 Å². The fourth-order valence-electron chi connectivity index (χ4n) is 8.75. The average Bonchev–Trinajstić information content (AvgIpc) is 3.60. The summed E-state index contributed by atoms with van der Waals surface area (Å²) in [6.07, 6.45) is 3.99. The van der Waals surface area contributed by atoms with Gasteiger partial charge in [-0.2, -0.15) is 0 Å². The quantitative estimate of drug-likeness (QED) is 0.152. The fraction of sp³-hybridized carbons (Fsp3) is 0.127. The molecule has 0 radical (unpaired) electrons. The van der Waals surface area contributed by atoms with Crippen molar-refractivity contribution >= 4 is 22.5 Å². The molecule has 2 aromatic heterocycles. The molecule has 6 heteroatoms. The van der Waals surface area contributed by atoms with E-state index in [2.05, 4.69) is 236 Å². The molecule has 1 aliphatic rings. The second-order valence-electron chi connectivity index (χ2n) is 16.7. The summed E-state index contributed by atoms with van der Waals surface area (Å²) >= 11 is 2.51. The third-order valence-corrected chi connectivity index (χ3v) is 12.7. The molecule has 7 aromatic carbocycles. The normalized spacial score (nSPS) is 12.7. The molecule has 0 fully saturated rings. The average molecular weight is 974 g/mol. The van der Waals surface area contributed by atoms with Crippen molar-refractivity contribution in [3.63, 3.8) is 0 Å². The molecular weight excluding hydrogens is 928 g/mol. The Kier molecular flexibility index (Phi) is 10.2. The molecule has 302 valence electrons. The molecule has 0 N–H and O–H groups in total. The topological polar surface area (TPSA) is 35.2 Å². The summed E-state index contributed by atoms with van der Waals surface area (Å²) in [5, 5.41) is 0. The van der Waals surface area contributed by atoms with Crippen molar-refractivity contribution in [3.8, 4) is 56.3 Å². The molecule has 0 atom stereocenters. The summed E-state index contributed by atoms with van der Waals surface area (Å²) in [5.74, 6) is 2.53. The monoisotopic (exact) mass is 973 g/mol. The van der Waals surface area contributed by atoms with Gasteiger partial charge >= 0.3 is 321 Å². The molecule has 0 saturated carbocycles. The molecule has 0 aliphatic carbocycles. The first-order chi connectivity index (χ1) is 29.8. The van der Waals surface area contributed by atoms with E-state index in [0.717, 1.165) is 68.6 Å². The Bertz CT molecular complexity index is 3030. The second kappa shape index (κ2) is 16.1. The number of hydrogen-bond donors (Lipinski definition) is 0. The number of hydrogen-bond acceptors (Lipinski definition) is 3. The predicted octanol–water partition coefficient (Wildman–Crippen LogP) is 14.1. The maximum absolute atomic E-state index is 6.96. The summed E-state index contributed by atoms with van der Waals surface area (Å²) in [6.45, 7) is 7.66. The van der Waals surface area contributed by atoms with Gasteiger partial charge in [0.25, 0.3) is 0 Å². The standard InChI is InChI=1S/C55H46N4O.Pt/c1-55(2,3)42-31-32-56-53(34-42)57-33-17-28-48-49(41-22-11-6-12-23-41)36-45(37-52(48)57)60-44-25-15-24-43(35-44)58-38-59(51-30-14-13-29-50(51)58)54-46(39-18-7-4-8-19-39)26-16-27-47(54)40-20-9-5-10-21-40;/h4-16,18-27,29-32,34-37H,17,28,33H2,1-3H3;. The van der Waals surface area contributed by atoms with Crippen LogP contribution < -0.4 is 9.64 Å². The summed E-state index contributed by atoms with van der Waals surface area (Å²) in [7, 11) is 0. The molecule has 0 bridgehead atoms. The molecule has 0 amide bonds. The van der Waals surface area contributed by atoms with Crippen LogP contribution in [-0.2, 0) is 31.2 Å². The van der Waals surface area contributed by atoms with Crippen molar-refractivity contribution in [2.75, 3.05) is 11.4 Å². The zero-order valence-corrected chi connectivity index (χ0v) is 36.8. The van der Waals surface area contributed by atoms with Crippen LogP contribution in [0.15, 0.2) is 188 Å². The van der Waals surface area contributed by atoms with Crippen LogP contribution in [0.3, 0.4) is 0 Å². The number of nitrogens with zero attached hydrogens (tertiary/aromatic N) is 4. The van der Waals surface area contributed by atoms with Gasteiger partial charge in [-0.15, -0.1) is 0 Å². The minimum absolute atomic E-state index is 0.0130. The van der Waals surface area contributed by atoms with Gasteiger partial charge in [-0.25, -0.2) is 0 Å². The van der Waals surface area contributed by atoms with E-state index in [-0.39, 0.29) is 5.41 Å². The van der Waals surface area contributed by atoms with Crippen molar-refractivity contribution in [2.45, 2.75) is 39.0 Å². The first-order valence-electron chi connectivity index (χ1n) is 21.0. The van der Waals surface area contributed by atoms with Crippen LogP contribution >= 0.6 is 0 Å². The number of para-hydroxylation sites is 3. The number of aromatic nitrogens is 3.